The van der Waals surface area contributed by atoms with Gasteiger partial charge in [0, 0.05) is 37.3 Å². The number of benzene rings is 1. The van der Waals surface area contributed by atoms with Crippen molar-refractivity contribution in [2.45, 2.75) is 44.8 Å². The first-order valence-electron chi connectivity index (χ1n) is 7.77. The summed E-state index contributed by atoms with van der Waals surface area (Å²) in [5.74, 6) is -0.174. The summed E-state index contributed by atoms with van der Waals surface area (Å²) in [7, 11) is 2.18. The van der Waals surface area contributed by atoms with E-state index >= 15 is 0 Å². The molecule has 2 rings (SSSR count). The van der Waals surface area contributed by atoms with Crippen molar-refractivity contribution in [3.63, 3.8) is 0 Å². The van der Waals surface area contributed by atoms with Gasteiger partial charge in [0.25, 0.3) is 0 Å². The van der Waals surface area contributed by atoms with E-state index in [0.29, 0.717) is 18.6 Å². The van der Waals surface area contributed by atoms with E-state index in [-0.39, 0.29) is 11.4 Å². The lowest BCUT2D eigenvalue weighted by Crippen LogP contribution is -2.64. The van der Waals surface area contributed by atoms with Crippen molar-refractivity contribution in [2.24, 2.45) is 5.73 Å². The summed E-state index contributed by atoms with van der Waals surface area (Å²) in [6, 6.07) is 7.89. The normalized spacial score (nSPS) is 27.5. The van der Waals surface area contributed by atoms with Gasteiger partial charge in [-0.1, -0.05) is 12.1 Å². The van der Waals surface area contributed by atoms with Crippen LogP contribution in [0.15, 0.2) is 24.3 Å². The maximum Gasteiger partial charge on any atom is 0.123 e. The van der Waals surface area contributed by atoms with Crippen LogP contribution in [0.2, 0.25) is 0 Å². The minimum Gasteiger partial charge on any atom is -0.329 e. The lowest BCUT2D eigenvalue weighted by Gasteiger charge is -2.50. The first kappa shape index (κ1) is 16.4. The topological polar surface area (TPSA) is 32.5 Å². The minimum atomic E-state index is -0.174. The number of likely N-dealkylation sites (N-methyl/N-ethyl adjacent to an activating group) is 1. The number of nitrogens with zero attached hydrogens (tertiary/aromatic N) is 2. The Labute approximate surface area is 127 Å². The molecule has 4 heteroatoms. The average molecular weight is 293 g/mol. The summed E-state index contributed by atoms with van der Waals surface area (Å²) in [5.41, 5.74) is 6.99. The molecule has 1 aromatic rings. The van der Waals surface area contributed by atoms with Gasteiger partial charge in [-0.05, 0) is 51.9 Å². The molecule has 0 amide bonds. The molecular formula is C17H28FN3. The molecule has 2 N–H and O–H groups in total. The standard InChI is InChI=1S/C17H28FN3/c1-13-10-21(11-14(2)20(13)4)17(3,12-19)9-15-6-5-7-16(18)8-15/h5-8,13-14H,9-12,19H2,1-4H3. The summed E-state index contributed by atoms with van der Waals surface area (Å²) in [5, 5.41) is 0. The van der Waals surface area contributed by atoms with Crippen molar-refractivity contribution < 1.29 is 4.39 Å². The molecule has 0 aliphatic carbocycles. The Morgan fingerprint density at radius 2 is 1.90 bits per heavy atom. The van der Waals surface area contributed by atoms with Crippen LogP contribution in [-0.2, 0) is 6.42 Å². The Hall–Kier alpha value is -0.970. The Morgan fingerprint density at radius 1 is 1.29 bits per heavy atom. The third-order valence-corrected chi connectivity index (χ3v) is 5.04. The molecule has 21 heavy (non-hydrogen) atoms. The largest absolute Gasteiger partial charge is 0.329 e. The molecular weight excluding hydrogens is 265 g/mol. The van der Waals surface area contributed by atoms with Crippen molar-refractivity contribution in [3.05, 3.63) is 35.6 Å². The fourth-order valence-corrected chi connectivity index (χ4v) is 3.24. The Morgan fingerprint density at radius 3 is 2.43 bits per heavy atom. The summed E-state index contributed by atoms with van der Waals surface area (Å²) >= 11 is 0. The first-order valence-corrected chi connectivity index (χ1v) is 7.77. The molecule has 1 heterocycles. The molecule has 0 aromatic heterocycles. The predicted octanol–water partition coefficient (Wildman–Crippen LogP) is 2.11. The van der Waals surface area contributed by atoms with E-state index in [4.69, 9.17) is 5.73 Å². The van der Waals surface area contributed by atoms with Crippen LogP contribution in [0.5, 0.6) is 0 Å². The molecule has 1 aromatic carbocycles. The first-order chi connectivity index (χ1) is 9.85. The zero-order valence-corrected chi connectivity index (χ0v) is 13.6. The Balaban J connectivity index is 2.17. The second kappa shape index (κ2) is 6.42. The van der Waals surface area contributed by atoms with Gasteiger partial charge in [-0.15, -0.1) is 0 Å². The summed E-state index contributed by atoms with van der Waals surface area (Å²) < 4.78 is 13.4. The van der Waals surface area contributed by atoms with Crippen LogP contribution >= 0.6 is 0 Å². The van der Waals surface area contributed by atoms with Crippen LogP contribution in [0.25, 0.3) is 0 Å². The average Bonchev–Trinajstić information content (AvgIpc) is 2.44. The van der Waals surface area contributed by atoms with E-state index in [1.807, 2.05) is 6.07 Å². The number of nitrogens with two attached hydrogens (primary N) is 1. The number of hydrogen-bond donors (Lipinski definition) is 1. The highest BCUT2D eigenvalue weighted by Gasteiger charge is 2.37. The van der Waals surface area contributed by atoms with Gasteiger partial charge >= 0.3 is 0 Å². The molecule has 3 atom stereocenters. The van der Waals surface area contributed by atoms with Gasteiger partial charge in [0.1, 0.15) is 5.82 Å². The van der Waals surface area contributed by atoms with Crippen LogP contribution < -0.4 is 5.73 Å². The molecule has 0 saturated carbocycles. The van der Waals surface area contributed by atoms with Crippen molar-refractivity contribution in [2.75, 3.05) is 26.7 Å². The van der Waals surface area contributed by atoms with E-state index in [0.717, 1.165) is 25.1 Å². The fourth-order valence-electron chi connectivity index (χ4n) is 3.24. The molecule has 0 radical (unpaired) electrons. The quantitative estimate of drug-likeness (QED) is 0.923. The highest BCUT2D eigenvalue weighted by Crippen LogP contribution is 2.25. The second-order valence-corrected chi connectivity index (χ2v) is 6.78. The lowest BCUT2D eigenvalue weighted by molar-refractivity contribution is -0.00221. The highest BCUT2D eigenvalue weighted by molar-refractivity contribution is 5.19. The van der Waals surface area contributed by atoms with Gasteiger partial charge in [0.05, 0.1) is 0 Å². The maximum absolute atomic E-state index is 13.4. The predicted molar refractivity (Wildman–Crippen MR) is 85.8 cm³/mol. The minimum absolute atomic E-state index is 0.127. The molecule has 1 fully saturated rings. The van der Waals surface area contributed by atoms with Crippen LogP contribution in [0.1, 0.15) is 26.3 Å². The lowest BCUT2D eigenvalue weighted by atomic mass is 9.88. The maximum atomic E-state index is 13.4. The fraction of sp³-hybridized carbons (Fsp3) is 0.647. The third-order valence-electron chi connectivity index (χ3n) is 5.04. The summed E-state index contributed by atoms with van der Waals surface area (Å²) in [6.07, 6.45) is 0.782. The highest BCUT2D eigenvalue weighted by atomic mass is 19.1. The van der Waals surface area contributed by atoms with Crippen LogP contribution in [0.4, 0.5) is 4.39 Å². The number of hydrogen-bond acceptors (Lipinski definition) is 3. The van der Waals surface area contributed by atoms with Crippen molar-refractivity contribution in [1.29, 1.82) is 0 Å². The summed E-state index contributed by atoms with van der Waals surface area (Å²) in [4.78, 5) is 4.89. The van der Waals surface area contributed by atoms with E-state index in [1.54, 1.807) is 12.1 Å². The molecule has 1 aliphatic rings. The van der Waals surface area contributed by atoms with Gasteiger partial charge in [0.2, 0.25) is 0 Å². The molecule has 0 spiro atoms. The SMILES string of the molecule is CC1CN(C(C)(CN)Cc2cccc(F)c2)CC(C)N1C. The zero-order valence-electron chi connectivity index (χ0n) is 13.6. The van der Waals surface area contributed by atoms with Crippen molar-refractivity contribution in [3.8, 4) is 0 Å². The van der Waals surface area contributed by atoms with Crippen molar-refractivity contribution in [1.82, 2.24) is 9.80 Å². The van der Waals surface area contributed by atoms with Gasteiger partial charge in [-0.2, -0.15) is 0 Å². The number of halogens is 1. The Bertz CT molecular complexity index is 467. The Kier molecular flexibility index (Phi) is 5.02. The van der Waals surface area contributed by atoms with Gasteiger partial charge < -0.3 is 5.73 Å². The molecule has 1 aliphatic heterocycles. The molecule has 3 unspecified atom stereocenters. The van der Waals surface area contributed by atoms with Gasteiger partial charge in [-0.3, -0.25) is 9.80 Å². The molecule has 3 nitrogen and oxygen atoms in total. The van der Waals surface area contributed by atoms with Crippen molar-refractivity contribution >= 4 is 0 Å². The third kappa shape index (κ3) is 3.62. The molecule has 0 bridgehead atoms. The van der Waals surface area contributed by atoms with E-state index < -0.39 is 0 Å². The van der Waals surface area contributed by atoms with E-state index in [2.05, 4.69) is 37.6 Å². The number of rotatable bonds is 4. The van der Waals surface area contributed by atoms with Gasteiger partial charge in [-0.25, -0.2) is 4.39 Å². The van der Waals surface area contributed by atoms with E-state index in [1.165, 1.54) is 6.07 Å². The van der Waals surface area contributed by atoms with Crippen LogP contribution in [0, 0.1) is 5.82 Å². The monoisotopic (exact) mass is 293 g/mol. The molecule has 118 valence electrons. The zero-order chi connectivity index (χ0) is 15.6. The van der Waals surface area contributed by atoms with Crippen LogP contribution in [-0.4, -0.2) is 54.1 Å². The second-order valence-electron chi connectivity index (χ2n) is 6.78. The smallest absolute Gasteiger partial charge is 0.123 e. The van der Waals surface area contributed by atoms with E-state index in [9.17, 15) is 4.39 Å². The molecule has 1 saturated heterocycles. The summed E-state index contributed by atoms with van der Waals surface area (Å²) in [6.45, 7) is 9.28. The van der Waals surface area contributed by atoms with Gasteiger partial charge in [0.15, 0.2) is 0 Å². The van der Waals surface area contributed by atoms with Crippen LogP contribution in [0.3, 0.4) is 0 Å². The number of piperazine rings is 1.